The van der Waals surface area contributed by atoms with Crippen LogP contribution in [0.25, 0.3) is 0 Å². The summed E-state index contributed by atoms with van der Waals surface area (Å²) in [5.74, 6) is -3.89. The van der Waals surface area contributed by atoms with E-state index in [1.807, 2.05) is 26.0 Å². The first-order chi connectivity index (χ1) is 22.9. The maximum atomic E-state index is 13.1. The molecule has 2 aromatic rings. The second-order valence-electron chi connectivity index (χ2n) is 18.7. The summed E-state index contributed by atoms with van der Waals surface area (Å²) in [5.41, 5.74) is 5.62. The minimum Gasteiger partial charge on any atom is -0.507 e. The Hall–Kier alpha value is -3.07. The number of phenolic OH excluding ortho intramolecular Hbond substituents is 2. The number of aryl methyl sites for hydroxylation is 2. The monoisotopic (exact) mass is 730 g/mol. The van der Waals surface area contributed by atoms with Crippen molar-refractivity contribution in [1.29, 1.82) is 0 Å². The number of carbonyl (C=O) groups excluding carboxylic acids is 2. The Morgan fingerprint density at radius 1 is 0.627 bits per heavy atom. The van der Waals surface area contributed by atoms with Gasteiger partial charge >= 0.3 is 11.9 Å². The van der Waals surface area contributed by atoms with Gasteiger partial charge in [0.25, 0.3) is 0 Å². The molecule has 288 valence electrons. The first-order valence-electron chi connectivity index (χ1n) is 18.1. The highest BCUT2D eigenvalue weighted by molar-refractivity contribution is 7.91. The van der Waals surface area contributed by atoms with Crippen molar-refractivity contribution in [1.82, 2.24) is 0 Å². The van der Waals surface area contributed by atoms with Gasteiger partial charge in [0.15, 0.2) is 9.84 Å². The Morgan fingerprint density at radius 2 is 0.922 bits per heavy atom. The SMILES string of the molecule is Cc1cc(C(C)(C)CC(C)(C)C)c(O)c(C)c1COC(=O)C(C)CS(=O)(=O)CC(C)C(=O)OCc1c(C)cc(C(C)(C)CC(C)(C)C)c(O)c1C. The number of sulfone groups is 1. The van der Waals surface area contributed by atoms with Crippen molar-refractivity contribution in [2.24, 2.45) is 22.7 Å². The Kier molecular flexibility index (Phi) is 13.7. The van der Waals surface area contributed by atoms with Crippen molar-refractivity contribution in [3.63, 3.8) is 0 Å². The molecule has 2 unspecified atom stereocenters. The number of aromatic hydroxyl groups is 2. The Balaban J connectivity index is 2.06. The molecule has 0 aromatic heterocycles. The molecule has 9 heteroatoms. The van der Waals surface area contributed by atoms with Gasteiger partial charge in [-0.05, 0) is 95.6 Å². The van der Waals surface area contributed by atoms with E-state index in [-0.39, 0.29) is 46.4 Å². The molecule has 0 radical (unpaired) electrons. The highest BCUT2D eigenvalue weighted by atomic mass is 32.2. The molecule has 0 bridgehead atoms. The van der Waals surface area contributed by atoms with Crippen LogP contribution in [0.5, 0.6) is 11.5 Å². The molecule has 0 amide bonds. The third-order valence-corrected chi connectivity index (χ3v) is 11.7. The smallest absolute Gasteiger partial charge is 0.310 e. The van der Waals surface area contributed by atoms with Crippen LogP contribution in [0.2, 0.25) is 0 Å². The van der Waals surface area contributed by atoms with E-state index in [0.717, 1.165) is 35.1 Å². The molecule has 8 nitrogen and oxygen atoms in total. The van der Waals surface area contributed by atoms with Crippen molar-refractivity contribution < 1.29 is 37.7 Å². The molecule has 0 spiro atoms. The lowest BCUT2D eigenvalue weighted by atomic mass is 9.71. The summed E-state index contributed by atoms with van der Waals surface area (Å²) in [6, 6.07) is 3.89. The number of phenols is 2. The molecule has 2 atom stereocenters. The molecular formula is C42H66O8S. The zero-order chi connectivity index (χ0) is 39.7. The summed E-state index contributed by atoms with van der Waals surface area (Å²) >= 11 is 0. The van der Waals surface area contributed by atoms with E-state index in [2.05, 4.69) is 69.2 Å². The lowest BCUT2D eigenvalue weighted by Gasteiger charge is -2.34. The summed E-state index contributed by atoms with van der Waals surface area (Å²) in [7, 11) is -3.84. The highest BCUT2D eigenvalue weighted by Gasteiger charge is 2.33. The first-order valence-corrected chi connectivity index (χ1v) is 19.9. The summed E-state index contributed by atoms with van der Waals surface area (Å²) in [6.07, 6.45) is 1.72. The molecule has 2 aromatic carbocycles. The number of ether oxygens (including phenoxy) is 2. The van der Waals surface area contributed by atoms with Crippen molar-refractivity contribution >= 4 is 21.8 Å². The molecular weight excluding hydrogens is 665 g/mol. The second-order valence-corrected chi connectivity index (χ2v) is 20.9. The molecule has 2 N–H and O–H groups in total. The molecule has 0 aliphatic heterocycles. The average molecular weight is 731 g/mol. The summed E-state index contributed by atoms with van der Waals surface area (Å²) in [6.45, 7) is 31.6. The summed E-state index contributed by atoms with van der Waals surface area (Å²) in [5, 5.41) is 22.3. The van der Waals surface area contributed by atoms with Gasteiger partial charge in [-0.3, -0.25) is 9.59 Å². The molecule has 0 heterocycles. The summed E-state index contributed by atoms with van der Waals surface area (Å²) in [4.78, 5) is 25.9. The van der Waals surface area contributed by atoms with Crippen molar-refractivity contribution in [3.8, 4) is 11.5 Å². The van der Waals surface area contributed by atoms with Gasteiger partial charge in [-0.1, -0.05) is 95.2 Å². The van der Waals surface area contributed by atoms with E-state index in [0.29, 0.717) is 22.3 Å². The molecule has 0 saturated heterocycles. The van der Waals surface area contributed by atoms with E-state index in [4.69, 9.17) is 9.47 Å². The van der Waals surface area contributed by atoms with Crippen LogP contribution in [0.3, 0.4) is 0 Å². The number of hydrogen-bond acceptors (Lipinski definition) is 8. The number of carbonyl (C=O) groups is 2. The third kappa shape index (κ3) is 12.0. The zero-order valence-electron chi connectivity index (χ0n) is 34.3. The normalized spacial score (nSPS) is 14.3. The zero-order valence-corrected chi connectivity index (χ0v) is 35.1. The molecule has 0 aliphatic rings. The second kappa shape index (κ2) is 15.9. The van der Waals surface area contributed by atoms with Crippen LogP contribution in [-0.2, 0) is 52.9 Å². The lowest BCUT2D eigenvalue weighted by Crippen LogP contribution is -2.30. The van der Waals surface area contributed by atoms with Gasteiger partial charge in [0.1, 0.15) is 24.7 Å². The van der Waals surface area contributed by atoms with E-state index in [1.165, 1.54) is 13.8 Å². The van der Waals surface area contributed by atoms with Gasteiger partial charge in [0.2, 0.25) is 0 Å². The Bertz CT molecular complexity index is 1580. The van der Waals surface area contributed by atoms with Crippen LogP contribution in [0.1, 0.15) is 140 Å². The first kappa shape index (κ1) is 44.1. The quantitative estimate of drug-likeness (QED) is 0.184. The molecule has 0 aliphatic carbocycles. The van der Waals surface area contributed by atoms with E-state index >= 15 is 0 Å². The third-order valence-electron chi connectivity index (χ3n) is 9.73. The van der Waals surface area contributed by atoms with Gasteiger partial charge in [-0.15, -0.1) is 0 Å². The van der Waals surface area contributed by atoms with Gasteiger partial charge < -0.3 is 19.7 Å². The molecule has 0 fully saturated rings. The molecule has 0 saturated carbocycles. The average Bonchev–Trinajstić information content (AvgIpc) is 2.93. The number of hydrogen-bond donors (Lipinski definition) is 2. The number of benzene rings is 2. The van der Waals surface area contributed by atoms with Crippen molar-refractivity contribution in [3.05, 3.63) is 56.6 Å². The lowest BCUT2D eigenvalue weighted by molar-refractivity contribution is -0.149. The van der Waals surface area contributed by atoms with Crippen molar-refractivity contribution in [2.75, 3.05) is 11.5 Å². The fraction of sp³-hybridized carbons (Fsp3) is 0.667. The molecule has 51 heavy (non-hydrogen) atoms. The van der Waals surface area contributed by atoms with E-state index < -0.39 is 45.1 Å². The topological polar surface area (TPSA) is 127 Å². The predicted octanol–water partition coefficient (Wildman–Crippen LogP) is 9.23. The van der Waals surface area contributed by atoms with Crippen LogP contribution in [-0.4, -0.2) is 42.1 Å². The van der Waals surface area contributed by atoms with Gasteiger partial charge in [0, 0.05) is 11.1 Å². The van der Waals surface area contributed by atoms with Crippen LogP contribution >= 0.6 is 0 Å². The van der Waals surface area contributed by atoms with Crippen molar-refractivity contribution in [2.45, 2.75) is 148 Å². The van der Waals surface area contributed by atoms with E-state index in [1.54, 1.807) is 13.8 Å². The number of rotatable bonds is 14. The summed E-state index contributed by atoms with van der Waals surface area (Å²) < 4.78 is 37.3. The molecule has 2 rings (SSSR count). The fourth-order valence-electron chi connectivity index (χ4n) is 7.88. The number of esters is 2. The van der Waals surface area contributed by atoms with E-state index in [9.17, 15) is 28.2 Å². The van der Waals surface area contributed by atoms with Crippen LogP contribution in [0.15, 0.2) is 12.1 Å². The predicted molar refractivity (Wildman–Crippen MR) is 206 cm³/mol. The van der Waals surface area contributed by atoms with Crippen LogP contribution < -0.4 is 0 Å². The maximum Gasteiger partial charge on any atom is 0.310 e. The Morgan fingerprint density at radius 3 is 1.20 bits per heavy atom. The standard InChI is InChI=1S/C42H66O8S/c1-25-17-33(41(13,14)23-39(7,8)9)35(43)29(5)31(25)19-49-37(45)27(3)21-51(47,48)22-28(4)38(46)50-20-32-26(2)18-34(36(44)30(32)6)42(15,16)24-40(10,11)12/h17-18,27-28,43-44H,19-24H2,1-16H3. The highest BCUT2D eigenvalue weighted by Crippen LogP contribution is 2.44. The largest absolute Gasteiger partial charge is 0.507 e. The van der Waals surface area contributed by atoms with Gasteiger partial charge in [-0.2, -0.15) is 0 Å². The maximum absolute atomic E-state index is 13.1. The fourth-order valence-corrected chi connectivity index (χ4v) is 9.81. The van der Waals surface area contributed by atoms with Gasteiger partial charge in [0.05, 0.1) is 23.3 Å². The minimum absolute atomic E-state index is 0.0556. The van der Waals surface area contributed by atoms with Gasteiger partial charge in [-0.25, -0.2) is 8.42 Å². The van der Waals surface area contributed by atoms with Crippen LogP contribution in [0, 0.1) is 50.4 Å². The Labute approximate surface area is 308 Å². The minimum atomic E-state index is -3.84. The van der Waals surface area contributed by atoms with Crippen LogP contribution in [0.4, 0.5) is 0 Å².